The Morgan fingerprint density at radius 1 is 1.00 bits per heavy atom. The zero-order valence-electron chi connectivity index (χ0n) is 18.4. The van der Waals surface area contributed by atoms with Gasteiger partial charge in [0.15, 0.2) is 5.60 Å². The monoisotopic (exact) mass is 447 g/mol. The van der Waals surface area contributed by atoms with Crippen LogP contribution in [0, 0.1) is 0 Å². The number of hydrogen-bond donors (Lipinski definition) is 1. The van der Waals surface area contributed by atoms with Gasteiger partial charge in [0.2, 0.25) is 0 Å². The molecule has 1 aliphatic heterocycles. The van der Waals surface area contributed by atoms with Crippen molar-refractivity contribution in [3.63, 3.8) is 0 Å². The summed E-state index contributed by atoms with van der Waals surface area (Å²) in [6.07, 6.45) is -0.249. The summed E-state index contributed by atoms with van der Waals surface area (Å²) in [6.45, 7) is 4.30. The van der Waals surface area contributed by atoms with E-state index in [2.05, 4.69) is 10.00 Å². The van der Waals surface area contributed by atoms with Crippen LogP contribution in [-0.4, -0.2) is 47.5 Å². The quantitative estimate of drug-likeness (QED) is 0.473. The first-order chi connectivity index (χ1) is 16.0. The van der Waals surface area contributed by atoms with Gasteiger partial charge in [0.25, 0.3) is 6.36 Å². The number of nitrogens with zero attached hydrogens (tertiary/aromatic N) is 3. The summed E-state index contributed by atoms with van der Waals surface area (Å²) < 4.78 is 28.0. The van der Waals surface area contributed by atoms with Gasteiger partial charge in [-0.3, -0.25) is 0 Å². The maximum absolute atomic E-state index is 15.3. The molecule has 0 aliphatic carbocycles. The zero-order chi connectivity index (χ0) is 22.8. The van der Waals surface area contributed by atoms with Crippen LogP contribution in [0.25, 0.3) is 16.6 Å². The smallest absolute Gasteiger partial charge is 0.270 e. The lowest BCUT2D eigenvalue weighted by Crippen LogP contribution is -2.38. The van der Waals surface area contributed by atoms with Gasteiger partial charge < -0.3 is 19.5 Å². The first-order valence-corrected chi connectivity index (χ1v) is 11.0. The third-order valence-corrected chi connectivity index (χ3v) is 6.03. The number of rotatable bonds is 6. The van der Waals surface area contributed by atoms with Gasteiger partial charge in [-0.2, -0.15) is 9.49 Å². The lowest BCUT2D eigenvalue weighted by Gasteiger charge is -2.30. The Morgan fingerprint density at radius 3 is 2.55 bits per heavy atom. The van der Waals surface area contributed by atoms with Crippen molar-refractivity contribution in [3.05, 3.63) is 84.6 Å². The summed E-state index contributed by atoms with van der Waals surface area (Å²) in [4.78, 5) is 2.17. The zero-order valence-corrected chi connectivity index (χ0v) is 18.4. The van der Waals surface area contributed by atoms with Crippen LogP contribution < -0.4 is 9.64 Å². The minimum atomic E-state index is -1.96. The molecule has 2 heterocycles. The van der Waals surface area contributed by atoms with Crippen LogP contribution in [0.5, 0.6) is 5.75 Å². The third-order valence-electron chi connectivity index (χ3n) is 6.03. The van der Waals surface area contributed by atoms with Gasteiger partial charge in [0.1, 0.15) is 5.75 Å². The van der Waals surface area contributed by atoms with Crippen LogP contribution in [-0.2, 0) is 10.3 Å². The lowest BCUT2D eigenvalue weighted by molar-refractivity contribution is -0.119. The van der Waals surface area contributed by atoms with E-state index in [9.17, 15) is 5.11 Å². The van der Waals surface area contributed by atoms with Crippen LogP contribution in [0.4, 0.5) is 10.1 Å². The van der Waals surface area contributed by atoms with Crippen molar-refractivity contribution in [1.82, 2.24) is 9.78 Å². The number of alkyl halides is 1. The van der Waals surface area contributed by atoms with Crippen molar-refractivity contribution < 1.29 is 19.0 Å². The number of benzene rings is 3. The van der Waals surface area contributed by atoms with Crippen molar-refractivity contribution >= 4 is 16.6 Å². The van der Waals surface area contributed by atoms with Crippen LogP contribution >= 0.6 is 0 Å². The molecule has 0 amide bonds. The highest BCUT2D eigenvalue weighted by Crippen LogP contribution is 2.32. The SMILES string of the molecule is CC(O)(c1ccc2c(cnn2-c2ccccc2)c1)C(F)Oc1cccc(N2CCOCC2)c1. The number of ether oxygens (including phenoxy) is 2. The Morgan fingerprint density at radius 2 is 1.76 bits per heavy atom. The molecule has 1 saturated heterocycles. The Bertz CT molecular complexity index is 1240. The van der Waals surface area contributed by atoms with Gasteiger partial charge in [-0.05, 0) is 48.9 Å². The molecule has 0 bridgehead atoms. The highest BCUT2D eigenvalue weighted by Gasteiger charge is 2.36. The molecule has 1 fully saturated rings. The summed E-state index contributed by atoms with van der Waals surface area (Å²) in [5, 5.41) is 16.3. The summed E-state index contributed by atoms with van der Waals surface area (Å²) in [5.41, 5.74) is 1.31. The van der Waals surface area contributed by atoms with Crippen LogP contribution in [0.2, 0.25) is 0 Å². The maximum atomic E-state index is 15.3. The van der Waals surface area contributed by atoms with Crippen molar-refractivity contribution in [2.75, 3.05) is 31.2 Å². The molecule has 33 heavy (non-hydrogen) atoms. The molecule has 4 aromatic rings. The predicted octanol–water partition coefficient (Wildman–Crippen LogP) is 4.44. The first-order valence-electron chi connectivity index (χ1n) is 11.0. The fourth-order valence-corrected chi connectivity index (χ4v) is 4.06. The average molecular weight is 448 g/mol. The van der Waals surface area contributed by atoms with Crippen molar-refractivity contribution in [2.24, 2.45) is 0 Å². The van der Waals surface area contributed by atoms with E-state index in [1.165, 1.54) is 6.92 Å². The summed E-state index contributed by atoms with van der Waals surface area (Å²) >= 11 is 0. The third kappa shape index (κ3) is 4.29. The number of morpholine rings is 1. The van der Waals surface area contributed by atoms with Gasteiger partial charge in [0.05, 0.1) is 30.6 Å². The Hall–Kier alpha value is -3.42. The molecule has 5 rings (SSSR count). The number of para-hydroxylation sites is 1. The number of aromatic nitrogens is 2. The van der Waals surface area contributed by atoms with Gasteiger partial charge in [-0.25, -0.2) is 4.68 Å². The van der Waals surface area contributed by atoms with E-state index in [4.69, 9.17) is 9.47 Å². The number of hydrogen-bond acceptors (Lipinski definition) is 5. The fourth-order valence-electron chi connectivity index (χ4n) is 4.06. The van der Waals surface area contributed by atoms with Crippen molar-refractivity contribution in [2.45, 2.75) is 18.9 Å². The molecule has 170 valence electrons. The number of fused-ring (bicyclic) bond motifs is 1. The second-order valence-electron chi connectivity index (χ2n) is 8.34. The minimum Gasteiger partial charge on any atom is -0.457 e. The van der Waals surface area contributed by atoms with E-state index in [0.29, 0.717) is 24.5 Å². The first kappa shape index (κ1) is 21.4. The highest BCUT2D eigenvalue weighted by molar-refractivity contribution is 5.81. The normalized spacial score (nSPS) is 17.0. The molecule has 0 saturated carbocycles. The van der Waals surface area contributed by atoms with Gasteiger partial charge in [0, 0.05) is 30.2 Å². The second kappa shape index (κ2) is 8.84. The van der Waals surface area contributed by atoms with E-state index in [1.54, 1.807) is 30.5 Å². The number of aliphatic hydroxyl groups is 1. The van der Waals surface area contributed by atoms with E-state index in [0.717, 1.165) is 35.4 Å². The molecule has 0 spiro atoms. The summed E-state index contributed by atoms with van der Waals surface area (Å²) in [6, 6.07) is 22.3. The van der Waals surface area contributed by atoms with Gasteiger partial charge >= 0.3 is 0 Å². The standard InChI is InChI=1S/C26H26FN3O3/c1-26(31,25(27)33-23-9-5-8-22(17-23)29-12-14-32-15-13-29)20-10-11-24-19(16-20)18-28-30(24)21-6-3-2-4-7-21/h2-11,16-18,25,31H,12-15H2,1H3. The van der Waals surface area contributed by atoms with E-state index >= 15 is 4.39 Å². The van der Waals surface area contributed by atoms with Crippen molar-refractivity contribution in [3.8, 4) is 11.4 Å². The van der Waals surface area contributed by atoms with E-state index in [1.807, 2.05) is 53.2 Å². The summed E-state index contributed by atoms with van der Waals surface area (Å²) in [5.74, 6) is 0.366. The Balaban J connectivity index is 1.37. The molecule has 1 N–H and O–H groups in total. The lowest BCUT2D eigenvalue weighted by atomic mass is 9.95. The highest BCUT2D eigenvalue weighted by atomic mass is 19.1. The number of anilines is 1. The van der Waals surface area contributed by atoms with Crippen LogP contribution in [0.1, 0.15) is 12.5 Å². The molecule has 2 unspecified atom stereocenters. The second-order valence-corrected chi connectivity index (χ2v) is 8.34. The Kier molecular flexibility index (Phi) is 5.74. The average Bonchev–Trinajstić information content (AvgIpc) is 3.29. The topological polar surface area (TPSA) is 59.8 Å². The predicted molar refractivity (Wildman–Crippen MR) is 126 cm³/mol. The molecular weight excluding hydrogens is 421 g/mol. The minimum absolute atomic E-state index is 0.366. The maximum Gasteiger partial charge on any atom is 0.270 e. The largest absolute Gasteiger partial charge is 0.457 e. The molecular formula is C26H26FN3O3. The van der Waals surface area contributed by atoms with Crippen LogP contribution in [0.15, 0.2) is 79.0 Å². The summed E-state index contributed by atoms with van der Waals surface area (Å²) in [7, 11) is 0. The Labute approximate surface area is 191 Å². The molecule has 3 aromatic carbocycles. The van der Waals surface area contributed by atoms with Gasteiger partial charge in [-0.1, -0.05) is 30.3 Å². The molecule has 6 nitrogen and oxygen atoms in total. The molecule has 0 radical (unpaired) electrons. The molecule has 1 aliphatic rings. The number of halogens is 1. The molecule has 1 aromatic heterocycles. The van der Waals surface area contributed by atoms with Gasteiger partial charge in [-0.15, -0.1) is 0 Å². The fraction of sp³-hybridized carbons (Fsp3) is 0.269. The molecule has 2 atom stereocenters. The molecule has 7 heteroatoms. The van der Waals surface area contributed by atoms with Crippen LogP contribution in [0.3, 0.4) is 0 Å². The van der Waals surface area contributed by atoms with E-state index in [-0.39, 0.29) is 0 Å². The van der Waals surface area contributed by atoms with E-state index < -0.39 is 12.0 Å². The van der Waals surface area contributed by atoms with Crippen molar-refractivity contribution in [1.29, 1.82) is 0 Å².